The summed E-state index contributed by atoms with van der Waals surface area (Å²) in [6.07, 6.45) is 2.00. The van der Waals surface area contributed by atoms with Gasteiger partial charge in [0.25, 0.3) is 10.0 Å². The van der Waals surface area contributed by atoms with Crippen molar-refractivity contribution in [1.29, 1.82) is 0 Å². The van der Waals surface area contributed by atoms with Crippen molar-refractivity contribution in [3.8, 4) is 23.4 Å². The first-order chi connectivity index (χ1) is 12.0. The number of sulfonamides is 1. The minimum Gasteiger partial charge on any atom is -0.490 e. The number of methoxy groups -OCH3 is 2. The fraction of sp³-hybridized carbons (Fsp3) is 0.333. The molecule has 0 unspecified atom stereocenters. The molecule has 1 aromatic heterocycles. The number of rotatable bonds is 5. The number of hydrogen-bond acceptors (Lipinski definition) is 8. The average Bonchev–Trinajstić information content (AvgIpc) is 2.86. The Labute approximate surface area is 145 Å². The zero-order chi connectivity index (χ0) is 17.9. The molecule has 25 heavy (non-hydrogen) atoms. The van der Waals surface area contributed by atoms with Crippen LogP contribution in [0.1, 0.15) is 6.42 Å². The van der Waals surface area contributed by atoms with Crippen LogP contribution in [0.4, 0.5) is 5.69 Å². The molecule has 0 fully saturated rings. The molecule has 1 aromatic carbocycles. The summed E-state index contributed by atoms with van der Waals surface area (Å²) in [6, 6.07) is 4.49. The van der Waals surface area contributed by atoms with E-state index in [1.807, 2.05) is 0 Å². The van der Waals surface area contributed by atoms with Gasteiger partial charge in [-0.2, -0.15) is 4.98 Å². The lowest BCUT2D eigenvalue weighted by atomic mass is 10.3. The normalized spacial score (nSPS) is 13.7. The third-order valence-corrected chi connectivity index (χ3v) is 4.74. The molecular formula is C15H17N3O6S. The Kier molecular flexibility index (Phi) is 4.79. The molecule has 1 aliphatic heterocycles. The summed E-state index contributed by atoms with van der Waals surface area (Å²) in [7, 11) is -1.13. The molecule has 0 amide bonds. The Morgan fingerprint density at radius 1 is 1.12 bits per heavy atom. The van der Waals surface area contributed by atoms with Gasteiger partial charge in [-0.05, 0) is 12.1 Å². The maximum atomic E-state index is 12.6. The van der Waals surface area contributed by atoms with Crippen molar-refractivity contribution in [2.45, 2.75) is 11.3 Å². The molecule has 10 heteroatoms. The minimum absolute atomic E-state index is 0.0228. The molecule has 0 bridgehead atoms. The fourth-order valence-electron chi connectivity index (χ4n) is 2.19. The molecule has 3 rings (SSSR count). The highest BCUT2D eigenvalue weighted by Crippen LogP contribution is 2.33. The zero-order valence-electron chi connectivity index (χ0n) is 13.7. The summed E-state index contributed by atoms with van der Waals surface area (Å²) in [5.74, 6) is 0.949. The van der Waals surface area contributed by atoms with Crippen LogP contribution in [-0.2, 0) is 10.0 Å². The highest BCUT2D eigenvalue weighted by molar-refractivity contribution is 7.92. The van der Waals surface area contributed by atoms with E-state index in [2.05, 4.69) is 14.7 Å². The van der Waals surface area contributed by atoms with E-state index in [1.54, 1.807) is 6.07 Å². The molecule has 2 heterocycles. The first-order valence-electron chi connectivity index (χ1n) is 7.41. The Bertz CT molecular complexity index is 872. The third kappa shape index (κ3) is 3.68. The van der Waals surface area contributed by atoms with Crippen LogP contribution in [-0.4, -0.2) is 45.8 Å². The number of benzene rings is 1. The smallest absolute Gasteiger partial charge is 0.319 e. The number of ether oxygens (including phenoxy) is 4. The van der Waals surface area contributed by atoms with Gasteiger partial charge in [0.2, 0.25) is 5.88 Å². The summed E-state index contributed by atoms with van der Waals surface area (Å²) in [5.41, 5.74) is 0.0930. The fourth-order valence-corrected chi connectivity index (χ4v) is 3.25. The largest absolute Gasteiger partial charge is 0.490 e. The first-order valence-corrected chi connectivity index (χ1v) is 8.89. The van der Waals surface area contributed by atoms with Crippen LogP contribution in [0.2, 0.25) is 0 Å². The summed E-state index contributed by atoms with van der Waals surface area (Å²) in [4.78, 5) is 7.85. The van der Waals surface area contributed by atoms with Crippen molar-refractivity contribution < 1.29 is 27.4 Å². The summed E-state index contributed by atoms with van der Waals surface area (Å²) in [6.45, 7) is 0.988. The predicted octanol–water partition coefficient (Wildman–Crippen LogP) is 1.46. The van der Waals surface area contributed by atoms with Gasteiger partial charge in [0, 0.05) is 12.5 Å². The monoisotopic (exact) mass is 367 g/mol. The van der Waals surface area contributed by atoms with Gasteiger partial charge in [0.15, 0.2) is 11.5 Å². The summed E-state index contributed by atoms with van der Waals surface area (Å²) >= 11 is 0. The van der Waals surface area contributed by atoms with Gasteiger partial charge in [-0.1, -0.05) is 0 Å². The van der Waals surface area contributed by atoms with Crippen molar-refractivity contribution in [3.05, 3.63) is 24.4 Å². The number of nitrogens with zero attached hydrogens (tertiary/aromatic N) is 2. The molecule has 0 saturated heterocycles. The molecular weight excluding hydrogens is 350 g/mol. The van der Waals surface area contributed by atoms with Gasteiger partial charge >= 0.3 is 6.01 Å². The zero-order valence-corrected chi connectivity index (χ0v) is 14.5. The van der Waals surface area contributed by atoms with Crippen molar-refractivity contribution in [3.63, 3.8) is 0 Å². The molecule has 0 atom stereocenters. The van der Waals surface area contributed by atoms with Crippen molar-refractivity contribution in [1.82, 2.24) is 9.97 Å². The molecule has 0 radical (unpaired) electrons. The average molecular weight is 367 g/mol. The van der Waals surface area contributed by atoms with E-state index in [0.717, 1.165) is 6.42 Å². The molecule has 0 saturated carbocycles. The quantitative estimate of drug-likeness (QED) is 0.846. The van der Waals surface area contributed by atoms with Crippen LogP contribution in [0.3, 0.4) is 0 Å². The van der Waals surface area contributed by atoms with E-state index in [-0.39, 0.29) is 22.5 Å². The lowest BCUT2D eigenvalue weighted by molar-refractivity contribution is 0.297. The second kappa shape index (κ2) is 7.01. The number of aromatic nitrogens is 2. The number of fused-ring (bicyclic) bond motifs is 1. The molecule has 0 spiro atoms. The van der Waals surface area contributed by atoms with Gasteiger partial charge in [-0.15, -0.1) is 0 Å². The van der Waals surface area contributed by atoms with Crippen LogP contribution in [0.25, 0.3) is 0 Å². The van der Waals surface area contributed by atoms with E-state index in [0.29, 0.717) is 24.7 Å². The molecule has 134 valence electrons. The van der Waals surface area contributed by atoms with Gasteiger partial charge in [0.1, 0.15) is 5.69 Å². The standard InChI is InChI=1S/C15H17N3O6S/c1-21-14-11(9-16-15(17-14)22-2)18-25(19,20)10-4-5-12-13(8-10)24-7-3-6-23-12/h4-5,8-9,18H,3,6-7H2,1-2H3. The molecule has 1 aliphatic rings. The minimum atomic E-state index is -3.90. The second-order valence-corrected chi connectivity index (χ2v) is 6.73. The Morgan fingerprint density at radius 2 is 1.88 bits per heavy atom. The molecule has 2 aromatic rings. The Hall–Kier alpha value is -2.75. The van der Waals surface area contributed by atoms with Crippen molar-refractivity contribution in [2.75, 3.05) is 32.2 Å². The second-order valence-electron chi connectivity index (χ2n) is 5.04. The SMILES string of the molecule is COc1ncc(NS(=O)(=O)c2ccc3c(c2)OCCCO3)c(OC)n1. The molecule has 1 N–H and O–H groups in total. The highest BCUT2D eigenvalue weighted by atomic mass is 32.2. The lowest BCUT2D eigenvalue weighted by Crippen LogP contribution is -2.14. The van der Waals surface area contributed by atoms with Gasteiger partial charge in [-0.3, -0.25) is 4.72 Å². The van der Waals surface area contributed by atoms with Gasteiger partial charge in [-0.25, -0.2) is 13.4 Å². The number of anilines is 1. The van der Waals surface area contributed by atoms with Crippen LogP contribution in [0.15, 0.2) is 29.3 Å². The molecule has 9 nitrogen and oxygen atoms in total. The van der Waals surface area contributed by atoms with Crippen LogP contribution in [0, 0.1) is 0 Å². The third-order valence-electron chi connectivity index (χ3n) is 3.38. The van der Waals surface area contributed by atoms with E-state index < -0.39 is 10.0 Å². The van der Waals surface area contributed by atoms with E-state index in [4.69, 9.17) is 18.9 Å². The highest BCUT2D eigenvalue weighted by Gasteiger charge is 2.21. The maximum absolute atomic E-state index is 12.6. The summed E-state index contributed by atoms with van der Waals surface area (Å²) in [5, 5.41) is 0. The summed E-state index contributed by atoms with van der Waals surface area (Å²) < 4.78 is 48.7. The van der Waals surface area contributed by atoms with Crippen LogP contribution in [0.5, 0.6) is 23.4 Å². The lowest BCUT2D eigenvalue weighted by Gasteiger charge is -2.13. The van der Waals surface area contributed by atoms with E-state index >= 15 is 0 Å². The van der Waals surface area contributed by atoms with Crippen LogP contribution >= 0.6 is 0 Å². The van der Waals surface area contributed by atoms with E-state index in [1.165, 1.54) is 32.5 Å². The first kappa shape index (κ1) is 17.1. The van der Waals surface area contributed by atoms with E-state index in [9.17, 15) is 8.42 Å². The topological polar surface area (TPSA) is 109 Å². The Balaban J connectivity index is 1.91. The van der Waals surface area contributed by atoms with Crippen molar-refractivity contribution >= 4 is 15.7 Å². The number of hydrogen-bond donors (Lipinski definition) is 1. The van der Waals surface area contributed by atoms with Crippen molar-refractivity contribution in [2.24, 2.45) is 0 Å². The maximum Gasteiger partial charge on any atom is 0.319 e. The predicted molar refractivity (Wildman–Crippen MR) is 88.0 cm³/mol. The van der Waals surface area contributed by atoms with Gasteiger partial charge < -0.3 is 18.9 Å². The number of nitrogens with one attached hydrogen (secondary N) is 1. The van der Waals surface area contributed by atoms with Gasteiger partial charge in [0.05, 0.1) is 38.5 Å². The van der Waals surface area contributed by atoms with Crippen LogP contribution < -0.4 is 23.7 Å². The molecule has 0 aliphatic carbocycles. The Morgan fingerprint density at radius 3 is 2.60 bits per heavy atom.